The third-order valence-corrected chi connectivity index (χ3v) is 3.17. The quantitative estimate of drug-likeness (QED) is 0.818. The Morgan fingerprint density at radius 1 is 1.56 bits per heavy atom. The van der Waals surface area contributed by atoms with E-state index in [0.717, 1.165) is 24.4 Å². The molecule has 0 amide bonds. The molecule has 0 spiro atoms. The molecule has 4 nitrogen and oxygen atoms in total. The maximum Gasteiger partial charge on any atom is 0.124 e. The summed E-state index contributed by atoms with van der Waals surface area (Å²) >= 11 is 0. The van der Waals surface area contributed by atoms with Crippen LogP contribution in [0.15, 0.2) is 24.3 Å². The standard InChI is InChI=1S/C14H18N2O2/c1-11-10-16(6-7-18-11)14(9-15)12-4-3-5-13(8-12)17-2/h3-5,8,11,14H,6-7,10H2,1-2H3. The number of nitrogens with zero attached hydrogens (tertiary/aromatic N) is 2. The van der Waals surface area contributed by atoms with Crippen molar-refractivity contribution in [1.29, 1.82) is 5.26 Å². The van der Waals surface area contributed by atoms with E-state index in [9.17, 15) is 5.26 Å². The zero-order valence-corrected chi connectivity index (χ0v) is 10.8. The van der Waals surface area contributed by atoms with Crippen molar-refractivity contribution in [1.82, 2.24) is 4.90 Å². The van der Waals surface area contributed by atoms with Crippen molar-refractivity contribution in [3.05, 3.63) is 29.8 Å². The number of hydrogen-bond acceptors (Lipinski definition) is 4. The third kappa shape index (κ3) is 2.81. The van der Waals surface area contributed by atoms with Crippen molar-refractivity contribution in [3.63, 3.8) is 0 Å². The van der Waals surface area contributed by atoms with Crippen LogP contribution in [0, 0.1) is 11.3 Å². The smallest absolute Gasteiger partial charge is 0.124 e. The highest BCUT2D eigenvalue weighted by Crippen LogP contribution is 2.25. The van der Waals surface area contributed by atoms with E-state index in [-0.39, 0.29) is 12.1 Å². The lowest BCUT2D eigenvalue weighted by Crippen LogP contribution is -2.42. The van der Waals surface area contributed by atoms with Gasteiger partial charge in [-0.15, -0.1) is 0 Å². The molecule has 2 rings (SSSR count). The third-order valence-electron chi connectivity index (χ3n) is 3.17. The van der Waals surface area contributed by atoms with Crippen LogP contribution in [0.3, 0.4) is 0 Å². The van der Waals surface area contributed by atoms with Crippen LogP contribution in [-0.2, 0) is 4.74 Å². The van der Waals surface area contributed by atoms with Gasteiger partial charge in [0.2, 0.25) is 0 Å². The number of methoxy groups -OCH3 is 1. The number of hydrogen-bond donors (Lipinski definition) is 0. The fraction of sp³-hybridized carbons (Fsp3) is 0.500. The topological polar surface area (TPSA) is 45.5 Å². The Morgan fingerprint density at radius 3 is 3.06 bits per heavy atom. The van der Waals surface area contributed by atoms with Crippen molar-refractivity contribution in [3.8, 4) is 11.8 Å². The Morgan fingerprint density at radius 2 is 2.39 bits per heavy atom. The van der Waals surface area contributed by atoms with Gasteiger partial charge < -0.3 is 9.47 Å². The molecular weight excluding hydrogens is 228 g/mol. The molecule has 1 aliphatic rings. The van der Waals surface area contributed by atoms with E-state index in [1.165, 1.54) is 0 Å². The van der Waals surface area contributed by atoms with Crippen LogP contribution >= 0.6 is 0 Å². The van der Waals surface area contributed by atoms with Gasteiger partial charge in [0.05, 0.1) is 25.9 Å². The fourth-order valence-electron chi connectivity index (χ4n) is 2.26. The van der Waals surface area contributed by atoms with E-state index in [2.05, 4.69) is 11.0 Å². The summed E-state index contributed by atoms with van der Waals surface area (Å²) in [5.74, 6) is 0.786. The Kier molecular flexibility index (Phi) is 4.19. The molecule has 2 atom stereocenters. The molecule has 4 heteroatoms. The van der Waals surface area contributed by atoms with Gasteiger partial charge in [-0.3, -0.25) is 4.90 Å². The summed E-state index contributed by atoms with van der Waals surface area (Å²) in [6, 6.07) is 9.85. The fourth-order valence-corrected chi connectivity index (χ4v) is 2.26. The van der Waals surface area contributed by atoms with Gasteiger partial charge in [0.25, 0.3) is 0 Å². The van der Waals surface area contributed by atoms with Gasteiger partial charge in [-0.05, 0) is 24.6 Å². The van der Waals surface area contributed by atoms with Gasteiger partial charge in [0, 0.05) is 13.1 Å². The van der Waals surface area contributed by atoms with E-state index in [0.29, 0.717) is 6.61 Å². The number of benzene rings is 1. The van der Waals surface area contributed by atoms with Crippen LogP contribution < -0.4 is 4.74 Å². The first-order chi connectivity index (χ1) is 8.74. The number of morpholine rings is 1. The molecule has 1 fully saturated rings. The second kappa shape index (κ2) is 5.85. The van der Waals surface area contributed by atoms with Crippen molar-refractivity contribution < 1.29 is 9.47 Å². The van der Waals surface area contributed by atoms with E-state index in [1.807, 2.05) is 31.2 Å². The minimum atomic E-state index is -0.230. The molecule has 0 saturated carbocycles. The summed E-state index contributed by atoms with van der Waals surface area (Å²) in [5.41, 5.74) is 0.978. The molecule has 0 aliphatic carbocycles. The number of ether oxygens (including phenoxy) is 2. The van der Waals surface area contributed by atoms with Crippen LogP contribution in [0.5, 0.6) is 5.75 Å². The first kappa shape index (κ1) is 12.9. The average molecular weight is 246 g/mol. The lowest BCUT2D eigenvalue weighted by atomic mass is 10.1. The Balaban J connectivity index is 2.19. The molecule has 1 aromatic carbocycles. The number of nitriles is 1. The normalized spacial score (nSPS) is 22.2. The summed E-state index contributed by atoms with van der Waals surface area (Å²) in [6.45, 7) is 4.30. The van der Waals surface area contributed by atoms with Gasteiger partial charge in [-0.1, -0.05) is 12.1 Å². The van der Waals surface area contributed by atoms with Crippen molar-refractivity contribution in [2.75, 3.05) is 26.8 Å². The zero-order chi connectivity index (χ0) is 13.0. The molecule has 0 radical (unpaired) electrons. The summed E-state index contributed by atoms with van der Waals surface area (Å²) < 4.78 is 10.7. The molecule has 1 heterocycles. The lowest BCUT2D eigenvalue weighted by Gasteiger charge is -2.34. The maximum absolute atomic E-state index is 9.41. The molecular formula is C14H18N2O2. The molecule has 0 N–H and O–H groups in total. The first-order valence-corrected chi connectivity index (χ1v) is 6.14. The van der Waals surface area contributed by atoms with Crippen LogP contribution in [-0.4, -0.2) is 37.8 Å². The second-order valence-corrected chi connectivity index (χ2v) is 4.48. The van der Waals surface area contributed by atoms with Crippen molar-refractivity contribution in [2.45, 2.75) is 19.1 Å². The molecule has 1 aromatic rings. The van der Waals surface area contributed by atoms with Crippen LogP contribution in [0.1, 0.15) is 18.5 Å². The maximum atomic E-state index is 9.41. The summed E-state index contributed by atoms with van der Waals surface area (Å²) in [4.78, 5) is 2.16. The Labute approximate surface area is 108 Å². The van der Waals surface area contributed by atoms with Gasteiger partial charge in [-0.2, -0.15) is 5.26 Å². The molecule has 18 heavy (non-hydrogen) atoms. The summed E-state index contributed by atoms with van der Waals surface area (Å²) in [6.07, 6.45) is 0.181. The predicted octanol–water partition coefficient (Wildman–Crippen LogP) is 1.98. The van der Waals surface area contributed by atoms with E-state index < -0.39 is 0 Å². The monoisotopic (exact) mass is 246 g/mol. The molecule has 0 bridgehead atoms. The minimum absolute atomic E-state index is 0.181. The SMILES string of the molecule is COc1cccc(C(C#N)N2CCOC(C)C2)c1. The molecule has 1 saturated heterocycles. The first-order valence-electron chi connectivity index (χ1n) is 6.14. The molecule has 0 aromatic heterocycles. The lowest BCUT2D eigenvalue weighted by molar-refractivity contribution is -0.0269. The van der Waals surface area contributed by atoms with Crippen LogP contribution in [0.4, 0.5) is 0 Å². The Hall–Kier alpha value is -1.57. The highest BCUT2D eigenvalue weighted by atomic mass is 16.5. The van der Waals surface area contributed by atoms with Gasteiger partial charge in [0.1, 0.15) is 11.8 Å². The van der Waals surface area contributed by atoms with Gasteiger partial charge >= 0.3 is 0 Å². The van der Waals surface area contributed by atoms with Gasteiger partial charge in [0.15, 0.2) is 0 Å². The molecule has 1 aliphatic heterocycles. The highest BCUT2D eigenvalue weighted by molar-refractivity contribution is 5.33. The number of rotatable bonds is 3. The minimum Gasteiger partial charge on any atom is -0.497 e. The van der Waals surface area contributed by atoms with Crippen molar-refractivity contribution in [2.24, 2.45) is 0 Å². The van der Waals surface area contributed by atoms with Gasteiger partial charge in [-0.25, -0.2) is 0 Å². The predicted molar refractivity (Wildman–Crippen MR) is 68.3 cm³/mol. The molecule has 96 valence electrons. The van der Waals surface area contributed by atoms with E-state index >= 15 is 0 Å². The summed E-state index contributed by atoms with van der Waals surface area (Å²) in [7, 11) is 1.64. The largest absolute Gasteiger partial charge is 0.497 e. The molecule has 2 unspecified atom stereocenters. The highest BCUT2D eigenvalue weighted by Gasteiger charge is 2.25. The zero-order valence-electron chi connectivity index (χ0n) is 10.8. The van der Waals surface area contributed by atoms with E-state index in [4.69, 9.17) is 9.47 Å². The van der Waals surface area contributed by atoms with Crippen LogP contribution in [0.25, 0.3) is 0 Å². The van der Waals surface area contributed by atoms with Crippen LogP contribution in [0.2, 0.25) is 0 Å². The van der Waals surface area contributed by atoms with E-state index in [1.54, 1.807) is 7.11 Å². The average Bonchev–Trinajstić information content (AvgIpc) is 2.40. The Bertz CT molecular complexity index is 442. The summed E-state index contributed by atoms with van der Waals surface area (Å²) in [5, 5.41) is 9.41. The van der Waals surface area contributed by atoms with Crippen molar-refractivity contribution >= 4 is 0 Å². The second-order valence-electron chi connectivity index (χ2n) is 4.48.